The number of anilines is 2. The molecule has 4 nitrogen and oxygen atoms in total. The van der Waals surface area contributed by atoms with Crippen LogP contribution in [-0.2, 0) is 15.7 Å². The Hall–Kier alpha value is -1.47. The van der Waals surface area contributed by atoms with Crippen LogP contribution < -0.4 is 10.6 Å². The highest BCUT2D eigenvalue weighted by Crippen LogP contribution is 2.38. The molecule has 0 bridgehead atoms. The van der Waals surface area contributed by atoms with Crippen molar-refractivity contribution in [2.75, 3.05) is 44.6 Å². The van der Waals surface area contributed by atoms with Gasteiger partial charge in [0.15, 0.2) is 0 Å². The van der Waals surface area contributed by atoms with Crippen LogP contribution in [0.3, 0.4) is 0 Å². The average molecular weight is 306 g/mol. The zero-order valence-electron chi connectivity index (χ0n) is 12.4. The van der Waals surface area contributed by atoms with E-state index in [-0.39, 0.29) is 17.4 Å². The summed E-state index contributed by atoms with van der Waals surface area (Å²) in [5, 5.41) is 0. The number of benzene rings is 1. The summed E-state index contributed by atoms with van der Waals surface area (Å²) in [6.07, 6.45) is -4.47. The molecule has 7 heteroatoms. The number of nitrogen functional groups attached to an aromatic ring is 1. The maximum atomic E-state index is 13.2. The molecule has 0 radical (unpaired) electrons. The van der Waals surface area contributed by atoms with Crippen LogP contribution >= 0.6 is 0 Å². The van der Waals surface area contributed by atoms with Crippen LogP contribution in [0.1, 0.15) is 12.5 Å². The lowest BCUT2D eigenvalue weighted by molar-refractivity contribution is -0.137. The largest absolute Gasteiger partial charge is 0.418 e. The van der Waals surface area contributed by atoms with Crippen molar-refractivity contribution >= 4 is 11.4 Å². The Morgan fingerprint density at radius 1 is 1.24 bits per heavy atom. The van der Waals surface area contributed by atoms with E-state index in [2.05, 4.69) is 0 Å². The van der Waals surface area contributed by atoms with Gasteiger partial charge in [-0.3, -0.25) is 0 Å². The normalized spacial score (nSPS) is 13.2. The van der Waals surface area contributed by atoms with E-state index in [9.17, 15) is 13.2 Å². The summed E-state index contributed by atoms with van der Waals surface area (Å²) in [5.41, 5.74) is 4.91. The van der Waals surface area contributed by atoms with Gasteiger partial charge in [0.05, 0.1) is 18.8 Å². The third-order valence-corrected chi connectivity index (χ3v) is 3.11. The van der Waals surface area contributed by atoms with Gasteiger partial charge in [-0.05, 0) is 25.1 Å². The van der Waals surface area contributed by atoms with E-state index < -0.39 is 11.7 Å². The minimum absolute atomic E-state index is 0.0807. The summed E-state index contributed by atoms with van der Waals surface area (Å²) >= 11 is 0. The molecule has 0 saturated carbocycles. The summed E-state index contributed by atoms with van der Waals surface area (Å²) < 4.78 is 49.7. The maximum Gasteiger partial charge on any atom is 0.418 e. The molecule has 1 unspecified atom stereocenters. The number of hydrogen-bond acceptors (Lipinski definition) is 4. The van der Waals surface area contributed by atoms with Gasteiger partial charge >= 0.3 is 6.18 Å². The number of ether oxygens (including phenoxy) is 2. The van der Waals surface area contributed by atoms with Gasteiger partial charge in [0, 0.05) is 38.2 Å². The Labute approximate surface area is 122 Å². The molecule has 0 aliphatic carbocycles. The van der Waals surface area contributed by atoms with Gasteiger partial charge in [-0.25, -0.2) is 0 Å². The Bertz CT molecular complexity index is 452. The lowest BCUT2D eigenvalue weighted by atomic mass is 10.1. The zero-order valence-corrected chi connectivity index (χ0v) is 12.4. The third kappa shape index (κ3) is 4.78. The minimum atomic E-state index is -4.47. The molecule has 0 fully saturated rings. The molecule has 0 amide bonds. The molecule has 0 aromatic heterocycles. The first kappa shape index (κ1) is 17.6. The minimum Gasteiger partial charge on any atom is -0.399 e. The first-order valence-corrected chi connectivity index (χ1v) is 6.52. The van der Waals surface area contributed by atoms with Gasteiger partial charge in [-0.2, -0.15) is 13.2 Å². The van der Waals surface area contributed by atoms with Crippen molar-refractivity contribution in [1.29, 1.82) is 0 Å². The molecule has 0 aliphatic rings. The van der Waals surface area contributed by atoms with Crippen LogP contribution in [0.25, 0.3) is 0 Å². The SMILES string of the molecule is COCCN(c1ccc(N)cc1C(F)(F)F)C(C)COC. The van der Waals surface area contributed by atoms with E-state index in [1.807, 2.05) is 0 Å². The van der Waals surface area contributed by atoms with Crippen molar-refractivity contribution in [1.82, 2.24) is 0 Å². The monoisotopic (exact) mass is 306 g/mol. The lowest BCUT2D eigenvalue weighted by Gasteiger charge is -2.33. The first-order chi connectivity index (χ1) is 9.81. The smallest absolute Gasteiger partial charge is 0.399 e. The molecule has 1 aromatic carbocycles. The standard InChI is InChI=1S/C14H21F3N2O2/c1-10(9-21-3)19(6-7-20-2)13-5-4-11(18)8-12(13)14(15,16)17/h4-5,8,10H,6-7,9,18H2,1-3H3. The van der Waals surface area contributed by atoms with Crippen molar-refractivity contribution in [3.63, 3.8) is 0 Å². The number of methoxy groups -OCH3 is 2. The molecule has 120 valence electrons. The number of nitrogens with zero attached hydrogens (tertiary/aromatic N) is 1. The highest BCUT2D eigenvalue weighted by atomic mass is 19.4. The summed E-state index contributed by atoms with van der Waals surface area (Å²) in [4.78, 5) is 1.62. The summed E-state index contributed by atoms with van der Waals surface area (Å²) in [7, 11) is 3.02. The van der Waals surface area contributed by atoms with E-state index >= 15 is 0 Å². The zero-order chi connectivity index (χ0) is 16.0. The van der Waals surface area contributed by atoms with E-state index in [0.29, 0.717) is 19.8 Å². The quantitative estimate of drug-likeness (QED) is 0.787. The van der Waals surface area contributed by atoms with Gasteiger partial charge in [0.2, 0.25) is 0 Å². The molecular formula is C14H21F3N2O2. The number of hydrogen-bond donors (Lipinski definition) is 1. The molecule has 0 heterocycles. The van der Waals surface area contributed by atoms with E-state index in [1.54, 1.807) is 11.8 Å². The molecule has 1 aromatic rings. The predicted octanol–water partition coefficient (Wildman–Crippen LogP) is 2.78. The molecular weight excluding hydrogens is 285 g/mol. The van der Waals surface area contributed by atoms with Gasteiger partial charge in [-0.1, -0.05) is 0 Å². The summed E-state index contributed by atoms with van der Waals surface area (Å²) in [6.45, 7) is 2.75. The number of alkyl halides is 3. The highest BCUT2D eigenvalue weighted by molar-refractivity contribution is 5.61. The fraction of sp³-hybridized carbons (Fsp3) is 0.571. The van der Waals surface area contributed by atoms with Gasteiger partial charge in [0.1, 0.15) is 0 Å². The maximum absolute atomic E-state index is 13.2. The lowest BCUT2D eigenvalue weighted by Crippen LogP contribution is -2.39. The van der Waals surface area contributed by atoms with Crippen molar-refractivity contribution in [3.05, 3.63) is 23.8 Å². The van der Waals surface area contributed by atoms with Crippen LogP contribution in [0.15, 0.2) is 18.2 Å². The number of halogens is 3. The van der Waals surface area contributed by atoms with E-state index in [0.717, 1.165) is 6.07 Å². The predicted molar refractivity (Wildman–Crippen MR) is 76.4 cm³/mol. The molecule has 1 atom stereocenters. The molecule has 1 rings (SSSR count). The van der Waals surface area contributed by atoms with Crippen LogP contribution in [-0.4, -0.2) is 40.0 Å². The second kappa shape index (κ2) is 7.51. The topological polar surface area (TPSA) is 47.7 Å². The van der Waals surface area contributed by atoms with Crippen LogP contribution in [0.4, 0.5) is 24.5 Å². The van der Waals surface area contributed by atoms with Crippen molar-refractivity contribution < 1.29 is 22.6 Å². The summed E-state index contributed by atoms with van der Waals surface area (Å²) in [5.74, 6) is 0. The Morgan fingerprint density at radius 2 is 1.90 bits per heavy atom. The fourth-order valence-electron chi connectivity index (χ4n) is 2.13. The van der Waals surface area contributed by atoms with Crippen LogP contribution in [0.5, 0.6) is 0 Å². The van der Waals surface area contributed by atoms with E-state index in [4.69, 9.17) is 15.2 Å². The third-order valence-electron chi connectivity index (χ3n) is 3.11. The molecule has 0 saturated heterocycles. The fourth-order valence-corrected chi connectivity index (χ4v) is 2.13. The Balaban J connectivity index is 3.22. The Morgan fingerprint density at radius 3 is 2.43 bits per heavy atom. The van der Waals surface area contributed by atoms with E-state index in [1.165, 1.54) is 26.4 Å². The molecule has 0 aliphatic heterocycles. The van der Waals surface area contributed by atoms with Crippen molar-refractivity contribution in [3.8, 4) is 0 Å². The van der Waals surface area contributed by atoms with Crippen molar-refractivity contribution in [2.24, 2.45) is 0 Å². The van der Waals surface area contributed by atoms with Crippen LogP contribution in [0, 0.1) is 0 Å². The summed E-state index contributed by atoms with van der Waals surface area (Å²) in [6, 6.07) is 3.58. The van der Waals surface area contributed by atoms with Gasteiger partial charge in [0.25, 0.3) is 0 Å². The first-order valence-electron chi connectivity index (χ1n) is 6.52. The molecule has 2 N–H and O–H groups in total. The highest BCUT2D eigenvalue weighted by Gasteiger charge is 2.35. The van der Waals surface area contributed by atoms with Gasteiger partial charge < -0.3 is 20.1 Å². The average Bonchev–Trinajstić information content (AvgIpc) is 2.39. The second-order valence-electron chi connectivity index (χ2n) is 4.76. The second-order valence-corrected chi connectivity index (χ2v) is 4.76. The van der Waals surface area contributed by atoms with Gasteiger partial charge in [-0.15, -0.1) is 0 Å². The Kier molecular flexibility index (Phi) is 6.29. The van der Waals surface area contributed by atoms with Crippen LogP contribution in [0.2, 0.25) is 0 Å². The number of nitrogens with two attached hydrogens (primary N) is 1. The number of rotatable bonds is 7. The molecule has 0 spiro atoms. The van der Waals surface area contributed by atoms with Crippen molar-refractivity contribution in [2.45, 2.75) is 19.1 Å². The molecule has 21 heavy (non-hydrogen) atoms.